The maximum absolute atomic E-state index is 12.9. The van der Waals surface area contributed by atoms with Gasteiger partial charge in [-0.2, -0.15) is 0 Å². The highest BCUT2D eigenvalue weighted by molar-refractivity contribution is 7.47. The zero-order valence-corrected chi connectivity index (χ0v) is 62.1. The molecule has 0 aliphatic rings. The molecule has 0 bridgehead atoms. The number of phosphoric ester groups is 1. The van der Waals surface area contributed by atoms with E-state index in [0.717, 1.165) is 38.5 Å². The second-order valence-electron chi connectivity index (χ2n) is 28.8. The van der Waals surface area contributed by atoms with Gasteiger partial charge in [-0.1, -0.05) is 372 Å². The Labute approximate surface area is 561 Å². The molecule has 0 aromatic heterocycles. The number of carbonyl (C=O) groups is 2. The van der Waals surface area contributed by atoms with Crippen LogP contribution in [-0.4, -0.2) is 74.9 Å². The Hall–Kier alpha value is -1.51. The van der Waals surface area contributed by atoms with E-state index in [0.29, 0.717) is 17.4 Å². The molecule has 0 aromatic rings. The number of quaternary nitrogens is 1. The lowest BCUT2D eigenvalue weighted by Gasteiger charge is -2.24. The summed E-state index contributed by atoms with van der Waals surface area (Å²) in [4.78, 5) is 35.9. The van der Waals surface area contributed by atoms with Crippen LogP contribution in [0.2, 0.25) is 0 Å². The molecule has 2 atom stereocenters. The van der Waals surface area contributed by atoms with Gasteiger partial charge in [0, 0.05) is 12.8 Å². The molecule has 0 rings (SSSR count). The van der Waals surface area contributed by atoms with E-state index in [9.17, 15) is 19.0 Å². The summed E-state index contributed by atoms with van der Waals surface area (Å²) in [5.41, 5.74) is 0. The third-order valence-corrected chi connectivity index (χ3v) is 19.4. The molecule has 0 aromatic carbocycles. The first kappa shape index (κ1) is 88.5. The molecule has 0 aliphatic heterocycles. The summed E-state index contributed by atoms with van der Waals surface area (Å²) in [5.74, 6) is -0.772. The number of esters is 2. The van der Waals surface area contributed by atoms with Gasteiger partial charge in [0.1, 0.15) is 19.8 Å². The van der Waals surface area contributed by atoms with Crippen LogP contribution in [0.15, 0.2) is 24.3 Å². The molecule has 1 N–H and O–H groups in total. The van der Waals surface area contributed by atoms with Gasteiger partial charge in [0.05, 0.1) is 27.7 Å². The average molecular weight is 1290 g/mol. The van der Waals surface area contributed by atoms with Gasteiger partial charge < -0.3 is 18.9 Å². The summed E-state index contributed by atoms with van der Waals surface area (Å²) in [6.45, 7) is 4.52. The fourth-order valence-electron chi connectivity index (χ4n) is 12.3. The van der Waals surface area contributed by atoms with Crippen molar-refractivity contribution in [3.63, 3.8) is 0 Å². The zero-order valence-electron chi connectivity index (χ0n) is 61.2. The highest BCUT2D eigenvalue weighted by Crippen LogP contribution is 2.43. The van der Waals surface area contributed by atoms with E-state index in [1.54, 1.807) is 0 Å². The van der Waals surface area contributed by atoms with Crippen molar-refractivity contribution in [3.05, 3.63) is 24.3 Å². The fraction of sp³-hybridized carbons (Fsp3) is 0.925. The molecule has 2 unspecified atom stereocenters. The molecule has 0 heterocycles. The summed E-state index contributed by atoms with van der Waals surface area (Å²) in [5, 5.41) is 0. The zero-order chi connectivity index (χ0) is 65.5. The lowest BCUT2D eigenvalue weighted by molar-refractivity contribution is -0.870. The van der Waals surface area contributed by atoms with Crippen LogP contribution in [0.1, 0.15) is 425 Å². The normalized spacial score (nSPS) is 13.1. The minimum atomic E-state index is -4.39. The number of rotatable bonds is 76. The van der Waals surface area contributed by atoms with E-state index in [2.05, 4.69) is 38.2 Å². The number of hydrogen-bond donors (Lipinski definition) is 1. The maximum Gasteiger partial charge on any atom is 0.472 e. The minimum absolute atomic E-state index is 0.0357. The van der Waals surface area contributed by atoms with Crippen LogP contribution in [-0.2, 0) is 32.7 Å². The lowest BCUT2D eigenvalue weighted by atomic mass is 10.0. The van der Waals surface area contributed by atoms with E-state index in [1.165, 1.54) is 360 Å². The number of likely N-dealkylation sites (N-methyl/N-ethyl adjacent to an activating group) is 1. The van der Waals surface area contributed by atoms with Crippen LogP contribution < -0.4 is 0 Å². The number of ether oxygens (including phenoxy) is 2. The van der Waals surface area contributed by atoms with Gasteiger partial charge in [-0.05, 0) is 64.2 Å². The van der Waals surface area contributed by atoms with Crippen molar-refractivity contribution in [2.45, 2.75) is 431 Å². The Morgan fingerprint density at radius 2 is 0.567 bits per heavy atom. The maximum atomic E-state index is 12.9. The first-order valence-corrected chi connectivity index (χ1v) is 41.6. The number of nitrogens with zero attached hydrogens (tertiary/aromatic N) is 1. The minimum Gasteiger partial charge on any atom is -0.462 e. The monoisotopic (exact) mass is 1290 g/mol. The Bertz CT molecular complexity index is 1560. The van der Waals surface area contributed by atoms with Crippen LogP contribution >= 0.6 is 7.82 Å². The van der Waals surface area contributed by atoms with Gasteiger partial charge in [-0.3, -0.25) is 18.6 Å². The van der Waals surface area contributed by atoms with Crippen LogP contribution in [0.25, 0.3) is 0 Å². The molecule has 534 valence electrons. The fourth-order valence-corrected chi connectivity index (χ4v) is 13.0. The first-order valence-electron chi connectivity index (χ1n) is 40.1. The third kappa shape index (κ3) is 75.5. The quantitative estimate of drug-likeness (QED) is 0.0211. The van der Waals surface area contributed by atoms with Gasteiger partial charge in [0.25, 0.3) is 0 Å². The number of unbranched alkanes of at least 4 members (excludes halogenated alkanes) is 58. The van der Waals surface area contributed by atoms with Gasteiger partial charge in [0.15, 0.2) is 6.10 Å². The van der Waals surface area contributed by atoms with Crippen LogP contribution in [0, 0.1) is 0 Å². The highest BCUT2D eigenvalue weighted by Gasteiger charge is 2.27. The topological polar surface area (TPSA) is 108 Å². The van der Waals surface area contributed by atoms with E-state index >= 15 is 0 Å². The smallest absolute Gasteiger partial charge is 0.462 e. The Kier molecular flexibility index (Phi) is 70.6. The van der Waals surface area contributed by atoms with Crippen LogP contribution in [0.4, 0.5) is 0 Å². The van der Waals surface area contributed by atoms with Crippen molar-refractivity contribution in [1.82, 2.24) is 0 Å². The number of phosphoric acid groups is 1. The molecule has 0 saturated heterocycles. The van der Waals surface area contributed by atoms with Gasteiger partial charge in [0.2, 0.25) is 0 Å². The van der Waals surface area contributed by atoms with Crippen molar-refractivity contribution in [2.24, 2.45) is 0 Å². The molecule has 0 fully saturated rings. The molecule has 90 heavy (non-hydrogen) atoms. The predicted octanol–water partition coefficient (Wildman–Crippen LogP) is 26.4. The van der Waals surface area contributed by atoms with Crippen molar-refractivity contribution in [2.75, 3.05) is 47.5 Å². The summed E-state index contributed by atoms with van der Waals surface area (Å²) in [6, 6.07) is 0. The van der Waals surface area contributed by atoms with Crippen molar-refractivity contribution >= 4 is 19.8 Å². The number of carbonyl (C=O) groups excluding carboxylic acids is 2. The molecule has 9 nitrogen and oxygen atoms in total. The first-order chi connectivity index (χ1) is 44.0. The second kappa shape index (κ2) is 71.8. The molecular weight excluding hydrogens is 1130 g/mol. The van der Waals surface area contributed by atoms with Crippen LogP contribution in [0.5, 0.6) is 0 Å². The number of hydrogen-bond acceptors (Lipinski definition) is 7. The molecule has 0 aliphatic carbocycles. The SMILES string of the molecule is CCCCCCCCCC/C=C\CCCCCCCCCCCCCCCCCCCCCCCCCCCCCCCC(=O)OC(COC(=O)CCCCCCCCCCCCCCC/C=C\CCCCCCCCCC)COP(=O)(O)OCC[N+](C)(C)C. The molecule has 0 spiro atoms. The highest BCUT2D eigenvalue weighted by atomic mass is 31.2. The summed E-state index contributed by atoms with van der Waals surface area (Å²) in [6.07, 6.45) is 92.0. The van der Waals surface area contributed by atoms with Gasteiger partial charge in [-0.25, -0.2) is 4.57 Å². The van der Waals surface area contributed by atoms with Gasteiger partial charge in [-0.15, -0.1) is 0 Å². The lowest BCUT2D eigenvalue weighted by Crippen LogP contribution is -2.37. The van der Waals surface area contributed by atoms with E-state index in [1.807, 2.05) is 21.1 Å². The molecule has 0 saturated carbocycles. The van der Waals surface area contributed by atoms with Crippen LogP contribution in [0.3, 0.4) is 0 Å². The van der Waals surface area contributed by atoms with Crippen molar-refractivity contribution < 1.29 is 42.1 Å². The molecule has 0 radical (unpaired) electrons. The molecule has 10 heteroatoms. The van der Waals surface area contributed by atoms with E-state index in [-0.39, 0.29) is 25.6 Å². The molecular formula is C80H157NO8P+. The second-order valence-corrected chi connectivity index (χ2v) is 30.3. The van der Waals surface area contributed by atoms with Crippen molar-refractivity contribution in [3.8, 4) is 0 Å². The predicted molar refractivity (Wildman–Crippen MR) is 391 cm³/mol. The van der Waals surface area contributed by atoms with E-state index < -0.39 is 26.5 Å². The standard InChI is InChI=1S/C80H156NO8P/c1-6-8-10-12-14-16-18-20-22-24-26-28-30-32-33-34-35-36-37-38-39-40-41-42-43-44-45-46-47-49-51-53-55-57-59-61-63-65-67-69-71-73-80(83)89-78(77-88-90(84,85)87-75-74-81(3,4)5)76-86-79(82)72-70-68-66-64-62-60-58-56-54-52-50-48-31-29-27-25-23-21-19-17-15-13-11-9-7-2/h24-27,78H,6-23,28-77H2,1-5H3/p+1/b26-24-,27-25-. The Balaban J connectivity index is 3.86. The average Bonchev–Trinajstić information content (AvgIpc) is 3.62. The summed E-state index contributed by atoms with van der Waals surface area (Å²) in [7, 11) is 1.50. The largest absolute Gasteiger partial charge is 0.472 e. The Morgan fingerprint density at radius 1 is 0.333 bits per heavy atom. The van der Waals surface area contributed by atoms with Crippen molar-refractivity contribution in [1.29, 1.82) is 0 Å². The number of allylic oxidation sites excluding steroid dienone is 4. The van der Waals surface area contributed by atoms with Gasteiger partial charge >= 0.3 is 19.8 Å². The summed E-state index contributed by atoms with van der Waals surface area (Å²) >= 11 is 0. The summed E-state index contributed by atoms with van der Waals surface area (Å²) < 4.78 is 34.8. The molecule has 0 amide bonds. The third-order valence-electron chi connectivity index (χ3n) is 18.5. The van der Waals surface area contributed by atoms with E-state index in [4.69, 9.17) is 18.5 Å². The Morgan fingerprint density at radius 3 is 0.822 bits per heavy atom.